The van der Waals surface area contributed by atoms with Gasteiger partial charge in [0.1, 0.15) is 5.75 Å². The average Bonchev–Trinajstić information content (AvgIpc) is 2.48. The van der Waals surface area contributed by atoms with Crippen LogP contribution < -0.4 is 10.1 Å². The van der Waals surface area contributed by atoms with Crippen molar-refractivity contribution in [1.82, 2.24) is 0 Å². The van der Waals surface area contributed by atoms with Crippen molar-refractivity contribution in [3.63, 3.8) is 0 Å². The van der Waals surface area contributed by atoms with E-state index in [0.717, 1.165) is 3.57 Å². The van der Waals surface area contributed by atoms with Crippen LogP contribution in [0.1, 0.15) is 0 Å². The molecule has 114 valence electrons. The molecule has 0 spiro atoms. The first-order chi connectivity index (χ1) is 10.5. The molecular formula is C14H10ClIN2O4. The van der Waals surface area contributed by atoms with Crippen molar-refractivity contribution in [1.29, 1.82) is 0 Å². The van der Waals surface area contributed by atoms with Gasteiger partial charge in [-0.25, -0.2) is 0 Å². The van der Waals surface area contributed by atoms with Crippen LogP contribution >= 0.6 is 34.2 Å². The average molecular weight is 433 g/mol. The van der Waals surface area contributed by atoms with Crippen LogP contribution in [0, 0.1) is 13.7 Å². The zero-order valence-electron chi connectivity index (χ0n) is 11.1. The van der Waals surface area contributed by atoms with Gasteiger partial charge in [0.05, 0.1) is 19.2 Å². The van der Waals surface area contributed by atoms with Crippen molar-refractivity contribution >= 4 is 51.5 Å². The molecule has 0 heterocycles. The lowest BCUT2D eigenvalue weighted by molar-refractivity contribution is -0.384. The van der Waals surface area contributed by atoms with E-state index in [1.165, 1.54) is 18.2 Å². The highest BCUT2D eigenvalue weighted by Crippen LogP contribution is 2.26. The van der Waals surface area contributed by atoms with Crippen molar-refractivity contribution in [2.75, 3.05) is 11.9 Å². The lowest BCUT2D eigenvalue weighted by Gasteiger charge is -2.09. The number of nitro groups is 1. The lowest BCUT2D eigenvalue weighted by Crippen LogP contribution is -2.20. The standard InChI is InChI=1S/C14H10ClIN2O4/c15-10-6-5-9(18(20)21)7-12(10)17-14(19)8-22-13-4-2-1-3-11(13)16/h1-7H,8H2,(H,17,19). The number of nitro benzene ring substituents is 1. The SMILES string of the molecule is O=C(COc1ccccc1I)Nc1cc([N+](=O)[O-])ccc1Cl. The Morgan fingerprint density at radius 1 is 1.32 bits per heavy atom. The molecular weight excluding hydrogens is 423 g/mol. The number of rotatable bonds is 5. The number of nitrogens with one attached hydrogen (secondary N) is 1. The number of carbonyl (C=O) groups is 1. The molecule has 1 N–H and O–H groups in total. The molecule has 0 atom stereocenters. The molecule has 0 bridgehead atoms. The summed E-state index contributed by atoms with van der Waals surface area (Å²) >= 11 is 8.00. The number of ether oxygens (including phenoxy) is 1. The summed E-state index contributed by atoms with van der Waals surface area (Å²) in [6.45, 7) is -0.223. The van der Waals surface area contributed by atoms with Crippen LogP contribution in [-0.2, 0) is 4.79 Å². The van der Waals surface area contributed by atoms with Gasteiger partial charge in [-0.15, -0.1) is 0 Å². The van der Waals surface area contributed by atoms with Crippen molar-refractivity contribution in [2.45, 2.75) is 0 Å². The summed E-state index contributed by atoms with van der Waals surface area (Å²) in [5.41, 5.74) is 0.0189. The highest BCUT2D eigenvalue weighted by molar-refractivity contribution is 14.1. The minimum Gasteiger partial charge on any atom is -0.483 e. The predicted octanol–water partition coefficient (Wildman–Crippen LogP) is 3.87. The molecule has 6 nitrogen and oxygen atoms in total. The normalized spacial score (nSPS) is 10.1. The molecule has 0 aromatic heterocycles. The first-order valence-electron chi connectivity index (χ1n) is 6.08. The fourth-order valence-corrected chi connectivity index (χ4v) is 2.32. The van der Waals surface area contributed by atoms with Crippen LogP contribution in [-0.4, -0.2) is 17.4 Å². The predicted molar refractivity (Wildman–Crippen MR) is 91.4 cm³/mol. The summed E-state index contributed by atoms with van der Waals surface area (Å²) < 4.78 is 6.27. The van der Waals surface area contributed by atoms with E-state index in [-0.39, 0.29) is 23.0 Å². The topological polar surface area (TPSA) is 81.5 Å². The number of nitrogens with zero attached hydrogens (tertiary/aromatic N) is 1. The maximum atomic E-state index is 11.9. The fraction of sp³-hybridized carbons (Fsp3) is 0.0714. The largest absolute Gasteiger partial charge is 0.483 e. The Labute approximate surface area is 144 Å². The molecule has 22 heavy (non-hydrogen) atoms. The van der Waals surface area contributed by atoms with Gasteiger partial charge in [0.25, 0.3) is 11.6 Å². The first kappa shape index (κ1) is 16.5. The molecule has 0 fully saturated rings. The van der Waals surface area contributed by atoms with Crippen LogP contribution in [0.4, 0.5) is 11.4 Å². The Bertz CT molecular complexity index is 724. The third-order valence-corrected chi connectivity index (χ3v) is 3.85. The molecule has 0 saturated heterocycles. The minimum absolute atomic E-state index is 0.154. The second kappa shape index (κ2) is 7.41. The van der Waals surface area contributed by atoms with Crippen molar-refractivity contribution in [3.05, 3.63) is 61.2 Å². The van der Waals surface area contributed by atoms with E-state index in [9.17, 15) is 14.9 Å². The number of benzene rings is 2. The van der Waals surface area contributed by atoms with Crippen molar-refractivity contribution in [2.24, 2.45) is 0 Å². The van der Waals surface area contributed by atoms with Crippen molar-refractivity contribution < 1.29 is 14.5 Å². The van der Waals surface area contributed by atoms with Crippen molar-refractivity contribution in [3.8, 4) is 5.75 Å². The highest BCUT2D eigenvalue weighted by atomic mass is 127. The molecule has 0 saturated carbocycles. The third-order valence-electron chi connectivity index (χ3n) is 2.63. The summed E-state index contributed by atoms with van der Waals surface area (Å²) in [7, 11) is 0. The second-order valence-corrected chi connectivity index (χ2v) is 5.76. The molecule has 2 rings (SSSR count). The monoisotopic (exact) mass is 432 g/mol. The summed E-state index contributed by atoms with van der Waals surface area (Å²) in [5, 5.41) is 13.4. The molecule has 0 aliphatic carbocycles. The van der Waals surface area contributed by atoms with Gasteiger partial charge in [-0.2, -0.15) is 0 Å². The summed E-state index contributed by atoms with van der Waals surface area (Å²) in [5.74, 6) is 0.130. The van der Waals surface area contributed by atoms with E-state index in [0.29, 0.717) is 5.75 Å². The molecule has 0 aliphatic heterocycles. The number of anilines is 1. The van der Waals surface area contributed by atoms with E-state index >= 15 is 0 Å². The minimum atomic E-state index is -0.561. The van der Waals surface area contributed by atoms with Crippen LogP contribution in [0.3, 0.4) is 0 Å². The zero-order valence-corrected chi connectivity index (χ0v) is 14.0. The van der Waals surface area contributed by atoms with E-state index in [4.69, 9.17) is 16.3 Å². The number of para-hydroxylation sites is 1. The van der Waals surface area contributed by atoms with E-state index in [2.05, 4.69) is 27.9 Å². The highest BCUT2D eigenvalue weighted by Gasteiger charge is 2.12. The second-order valence-electron chi connectivity index (χ2n) is 4.19. The van der Waals surface area contributed by atoms with Gasteiger partial charge >= 0.3 is 0 Å². The number of halogens is 2. The number of hydrogen-bond donors (Lipinski definition) is 1. The Morgan fingerprint density at radius 3 is 2.73 bits per heavy atom. The van der Waals surface area contributed by atoms with Crippen LogP contribution in [0.5, 0.6) is 5.75 Å². The molecule has 0 unspecified atom stereocenters. The Balaban J connectivity index is 2.02. The Kier molecular flexibility index (Phi) is 5.56. The Morgan fingerprint density at radius 2 is 2.05 bits per heavy atom. The number of carbonyl (C=O) groups excluding carboxylic acids is 1. The zero-order chi connectivity index (χ0) is 16.1. The number of non-ortho nitro benzene ring substituents is 1. The third kappa shape index (κ3) is 4.31. The fourth-order valence-electron chi connectivity index (χ4n) is 1.61. The molecule has 2 aromatic rings. The van der Waals surface area contributed by atoms with Gasteiger partial charge < -0.3 is 10.1 Å². The number of amides is 1. The molecule has 8 heteroatoms. The van der Waals surface area contributed by atoms with Gasteiger partial charge in [0, 0.05) is 12.1 Å². The molecule has 2 aromatic carbocycles. The quantitative estimate of drug-likeness (QED) is 0.442. The maximum absolute atomic E-state index is 11.9. The lowest BCUT2D eigenvalue weighted by atomic mass is 10.3. The summed E-state index contributed by atoms with van der Waals surface area (Å²) in [6, 6.07) is 11.1. The number of hydrogen-bond acceptors (Lipinski definition) is 4. The maximum Gasteiger partial charge on any atom is 0.271 e. The van der Waals surface area contributed by atoms with Gasteiger partial charge in [-0.1, -0.05) is 23.7 Å². The van der Waals surface area contributed by atoms with Crippen LogP contribution in [0.15, 0.2) is 42.5 Å². The van der Waals surface area contributed by atoms with E-state index < -0.39 is 10.8 Å². The summed E-state index contributed by atoms with van der Waals surface area (Å²) in [6.07, 6.45) is 0. The first-order valence-corrected chi connectivity index (χ1v) is 7.54. The van der Waals surface area contributed by atoms with Gasteiger partial charge in [0.2, 0.25) is 0 Å². The molecule has 1 amide bonds. The van der Waals surface area contributed by atoms with Gasteiger partial charge in [0.15, 0.2) is 6.61 Å². The smallest absolute Gasteiger partial charge is 0.271 e. The van der Waals surface area contributed by atoms with Crippen LogP contribution in [0.25, 0.3) is 0 Å². The van der Waals surface area contributed by atoms with Gasteiger partial charge in [-0.05, 0) is 40.8 Å². The van der Waals surface area contributed by atoms with E-state index in [1.807, 2.05) is 12.1 Å². The van der Waals surface area contributed by atoms with Crippen LogP contribution in [0.2, 0.25) is 5.02 Å². The van der Waals surface area contributed by atoms with E-state index in [1.54, 1.807) is 12.1 Å². The van der Waals surface area contributed by atoms with Gasteiger partial charge in [-0.3, -0.25) is 14.9 Å². The summed E-state index contributed by atoms with van der Waals surface area (Å²) in [4.78, 5) is 22.0. The Hall–Kier alpha value is -1.87. The molecule has 0 radical (unpaired) electrons. The molecule has 0 aliphatic rings.